The summed E-state index contributed by atoms with van der Waals surface area (Å²) in [5.74, 6) is 3.48. The molecule has 1 unspecified atom stereocenters. The zero-order valence-electron chi connectivity index (χ0n) is 9.58. The molecular weight excluding hydrogens is 238 g/mol. The molecule has 1 aromatic carbocycles. The Morgan fingerprint density at radius 3 is 3.00 bits per heavy atom. The van der Waals surface area contributed by atoms with Crippen LogP contribution in [0.25, 0.3) is 0 Å². The first-order valence-corrected chi connectivity index (χ1v) is 7.36. The minimum atomic E-state index is 0.347. The highest BCUT2D eigenvalue weighted by atomic mass is 35.5. The second-order valence-electron chi connectivity index (χ2n) is 4.38. The lowest BCUT2D eigenvalue weighted by Crippen LogP contribution is -2.25. The number of benzene rings is 1. The van der Waals surface area contributed by atoms with Gasteiger partial charge in [0.1, 0.15) is 0 Å². The standard InChI is InChI=1S/C13H18ClNS/c1-10(12-4-2-3-5-13(12)14)15-8-11-6-7-16-9-11/h2-5,10-11,15H,6-9H2,1H3/t10-,11?/m1/s1. The van der Waals surface area contributed by atoms with Crippen LogP contribution in [0.5, 0.6) is 0 Å². The molecular formula is C13H18ClNS. The molecule has 16 heavy (non-hydrogen) atoms. The first-order chi connectivity index (χ1) is 7.77. The van der Waals surface area contributed by atoms with Crippen molar-refractivity contribution in [2.45, 2.75) is 19.4 Å². The van der Waals surface area contributed by atoms with Crippen LogP contribution < -0.4 is 5.32 Å². The molecule has 1 heterocycles. The summed E-state index contributed by atoms with van der Waals surface area (Å²) in [6, 6.07) is 8.43. The lowest BCUT2D eigenvalue weighted by Gasteiger charge is -2.18. The van der Waals surface area contributed by atoms with Gasteiger partial charge in [0.25, 0.3) is 0 Å². The maximum absolute atomic E-state index is 6.17. The number of nitrogens with one attached hydrogen (secondary N) is 1. The maximum atomic E-state index is 6.17. The monoisotopic (exact) mass is 255 g/mol. The van der Waals surface area contributed by atoms with Crippen molar-refractivity contribution in [3.63, 3.8) is 0 Å². The Labute approximate surface area is 107 Å². The summed E-state index contributed by atoms with van der Waals surface area (Å²) in [4.78, 5) is 0. The highest BCUT2D eigenvalue weighted by Gasteiger charge is 2.16. The molecule has 1 aromatic rings. The molecule has 1 nitrogen and oxygen atoms in total. The van der Waals surface area contributed by atoms with Crippen molar-refractivity contribution < 1.29 is 0 Å². The van der Waals surface area contributed by atoms with Crippen LogP contribution in [0.1, 0.15) is 24.9 Å². The topological polar surface area (TPSA) is 12.0 Å². The molecule has 0 saturated carbocycles. The predicted octanol–water partition coefficient (Wildman–Crippen LogP) is 3.74. The van der Waals surface area contributed by atoms with Crippen LogP contribution in [0.15, 0.2) is 24.3 Å². The Balaban J connectivity index is 1.87. The van der Waals surface area contributed by atoms with E-state index >= 15 is 0 Å². The van der Waals surface area contributed by atoms with E-state index < -0.39 is 0 Å². The minimum absolute atomic E-state index is 0.347. The van der Waals surface area contributed by atoms with E-state index in [-0.39, 0.29) is 0 Å². The molecule has 1 fully saturated rings. The van der Waals surface area contributed by atoms with Gasteiger partial charge in [0, 0.05) is 11.1 Å². The zero-order valence-corrected chi connectivity index (χ0v) is 11.2. The minimum Gasteiger partial charge on any atom is -0.310 e. The fourth-order valence-corrected chi connectivity index (χ4v) is 3.61. The van der Waals surface area contributed by atoms with E-state index in [1.807, 2.05) is 18.2 Å². The van der Waals surface area contributed by atoms with Crippen molar-refractivity contribution in [2.24, 2.45) is 5.92 Å². The highest BCUT2D eigenvalue weighted by molar-refractivity contribution is 7.99. The van der Waals surface area contributed by atoms with Crippen molar-refractivity contribution in [1.29, 1.82) is 0 Å². The molecule has 0 amide bonds. The Bertz CT molecular complexity index is 336. The van der Waals surface area contributed by atoms with E-state index in [0.29, 0.717) is 6.04 Å². The molecule has 1 aliphatic heterocycles. The predicted molar refractivity (Wildman–Crippen MR) is 73.3 cm³/mol. The van der Waals surface area contributed by atoms with E-state index in [1.54, 1.807) is 0 Å². The number of hydrogen-bond donors (Lipinski definition) is 1. The number of halogens is 1. The second kappa shape index (κ2) is 5.95. The summed E-state index contributed by atoms with van der Waals surface area (Å²) in [6.45, 7) is 3.29. The van der Waals surface area contributed by atoms with Gasteiger partial charge in [-0.3, -0.25) is 0 Å². The fraction of sp³-hybridized carbons (Fsp3) is 0.538. The van der Waals surface area contributed by atoms with Crippen molar-refractivity contribution in [1.82, 2.24) is 5.32 Å². The summed E-state index contributed by atoms with van der Waals surface area (Å²) in [5.41, 5.74) is 1.20. The van der Waals surface area contributed by atoms with Crippen molar-refractivity contribution in [3.8, 4) is 0 Å². The van der Waals surface area contributed by atoms with Gasteiger partial charge in [-0.05, 0) is 48.9 Å². The van der Waals surface area contributed by atoms with Gasteiger partial charge in [-0.1, -0.05) is 29.8 Å². The summed E-state index contributed by atoms with van der Waals surface area (Å²) in [5, 5.41) is 4.45. The van der Waals surface area contributed by atoms with E-state index in [2.05, 4.69) is 30.1 Å². The van der Waals surface area contributed by atoms with Gasteiger partial charge in [-0.2, -0.15) is 11.8 Å². The molecule has 88 valence electrons. The lowest BCUT2D eigenvalue weighted by atomic mass is 10.1. The Morgan fingerprint density at radius 2 is 2.31 bits per heavy atom. The van der Waals surface area contributed by atoms with Crippen LogP contribution in [0.4, 0.5) is 0 Å². The SMILES string of the molecule is C[C@@H](NCC1CCSC1)c1ccccc1Cl. The Hall–Kier alpha value is -0.180. The van der Waals surface area contributed by atoms with Gasteiger partial charge in [0.2, 0.25) is 0 Å². The number of thioether (sulfide) groups is 1. The summed E-state index contributed by atoms with van der Waals surface area (Å²) < 4.78 is 0. The zero-order chi connectivity index (χ0) is 11.4. The summed E-state index contributed by atoms with van der Waals surface area (Å²) >= 11 is 8.24. The van der Waals surface area contributed by atoms with Gasteiger partial charge in [0.05, 0.1) is 0 Å². The van der Waals surface area contributed by atoms with E-state index in [4.69, 9.17) is 11.6 Å². The normalized spacial score (nSPS) is 22.2. The quantitative estimate of drug-likeness (QED) is 0.880. The van der Waals surface area contributed by atoms with Crippen LogP contribution >= 0.6 is 23.4 Å². The van der Waals surface area contributed by atoms with E-state index in [9.17, 15) is 0 Å². The lowest BCUT2D eigenvalue weighted by molar-refractivity contribution is 0.477. The molecule has 0 aromatic heterocycles. The van der Waals surface area contributed by atoms with Crippen LogP contribution in [-0.2, 0) is 0 Å². The molecule has 0 radical (unpaired) electrons. The Morgan fingerprint density at radius 1 is 1.50 bits per heavy atom. The molecule has 0 aliphatic carbocycles. The van der Waals surface area contributed by atoms with Crippen LogP contribution in [-0.4, -0.2) is 18.1 Å². The van der Waals surface area contributed by atoms with Crippen molar-refractivity contribution >= 4 is 23.4 Å². The van der Waals surface area contributed by atoms with Crippen LogP contribution in [0, 0.1) is 5.92 Å². The molecule has 0 bridgehead atoms. The third-order valence-corrected chi connectivity index (χ3v) is 4.68. The molecule has 3 heteroatoms. The second-order valence-corrected chi connectivity index (χ2v) is 5.94. The largest absolute Gasteiger partial charge is 0.310 e. The molecule has 2 atom stereocenters. The van der Waals surface area contributed by atoms with Gasteiger partial charge >= 0.3 is 0 Å². The molecule has 1 N–H and O–H groups in total. The highest BCUT2D eigenvalue weighted by Crippen LogP contribution is 2.25. The van der Waals surface area contributed by atoms with E-state index in [0.717, 1.165) is 17.5 Å². The van der Waals surface area contributed by atoms with Gasteiger partial charge < -0.3 is 5.32 Å². The third kappa shape index (κ3) is 3.16. The number of rotatable bonds is 4. The van der Waals surface area contributed by atoms with Gasteiger partial charge in [-0.15, -0.1) is 0 Å². The third-order valence-electron chi connectivity index (χ3n) is 3.11. The summed E-state index contributed by atoms with van der Waals surface area (Å²) in [6.07, 6.45) is 1.35. The first kappa shape index (κ1) is 12.3. The fourth-order valence-electron chi connectivity index (χ4n) is 2.02. The molecule has 0 spiro atoms. The Kier molecular flexibility index (Phi) is 4.56. The average Bonchev–Trinajstić information content (AvgIpc) is 2.79. The van der Waals surface area contributed by atoms with E-state index in [1.165, 1.54) is 23.5 Å². The number of hydrogen-bond acceptors (Lipinski definition) is 2. The smallest absolute Gasteiger partial charge is 0.0453 e. The molecule has 1 aliphatic rings. The van der Waals surface area contributed by atoms with Crippen LogP contribution in [0.2, 0.25) is 5.02 Å². The average molecular weight is 256 g/mol. The van der Waals surface area contributed by atoms with Crippen molar-refractivity contribution in [2.75, 3.05) is 18.1 Å². The maximum Gasteiger partial charge on any atom is 0.0453 e. The van der Waals surface area contributed by atoms with Crippen LogP contribution in [0.3, 0.4) is 0 Å². The first-order valence-electron chi connectivity index (χ1n) is 5.83. The van der Waals surface area contributed by atoms with Crippen molar-refractivity contribution in [3.05, 3.63) is 34.9 Å². The van der Waals surface area contributed by atoms with Gasteiger partial charge in [-0.25, -0.2) is 0 Å². The molecule has 1 saturated heterocycles. The molecule has 2 rings (SSSR count). The van der Waals surface area contributed by atoms with Gasteiger partial charge in [0.15, 0.2) is 0 Å². The summed E-state index contributed by atoms with van der Waals surface area (Å²) in [7, 11) is 0.